The molecule has 21 heavy (non-hydrogen) atoms. The highest BCUT2D eigenvalue weighted by Gasteiger charge is 2.06. The Balaban J connectivity index is 0.00000400. The van der Waals surface area contributed by atoms with E-state index in [2.05, 4.69) is 24.2 Å². The lowest BCUT2D eigenvalue weighted by Gasteiger charge is -2.10. The van der Waals surface area contributed by atoms with E-state index in [1.807, 2.05) is 12.1 Å². The van der Waals surface area contributed by atoms with Crippen LogP contribution in [0, 0.1) is 5.92 Å². The van der Waals surface area contributed by atoms with Gasteiger partial charge in [-0.05, 0) is 30.4 Å². The van der Waals surface area contributed by atoms with Crippen LogP contribution in [0.1, 0.15) is 25.8 Å². The van der Waals surface area contributed by atoms with Crippen molar-refractivity contribution in [1.82, 2.24) is 5.32 Å². The molecule has 0 amide bonds. The SMILES string of the molecule is COc1cccc(CCNC(N)=NCCC(C)C)c1O.I. The minimum Gasteiger partial charge on any atom is -0.504 e. The Morgan fingerprint density at radius 3 is 2.76 bits per heavy atom. The van der Waals surface area contributed by atoms with Crippen molar-refractivity contribution in [2.45, 2.75) is 26.7 Å². The van der Waals surface area contributed by atoms with Gasteiger partial charge in [-0.2, -0.15) is 0 Å². The number of phenols is 1. The van der Waals surface area contributed by atoms with Gasteiger partial charge >= 0.3 is 0 Å². The van der Waals surface area contributed by atoms with Crippen LogP contribution in [0.4, 0.5) is 0 Å². The Bertz CT molecular complexity index is 451. The quantitative estimate of drug-likeness (QED) is 0.369. The number of hydrogen-bond donors (Lipinski definition) is 3. The number of benzene rings is 1. The van der Waals surface area contributed by atoms with Crippen molar-refractivity contribution in [3.63, 3.8) is 0 Å². The summed E-state index contributed by atoms with van der Waals surface area (Å²) in [6, 6.07) is 5.45. The minimum absolute atomic E-state index is 0. The fraction of sp³-hybridized carbons (Fsp3) is 0.533. The van der Waals surface area contributed by atoms with E-state index < -0.39 is 0 Å². The van der Waals surface area contributed by atoms with Crippen molar-refractivity contribution < 1.29 is 9.84 Å². The maximum atomic E-state index is 9.94. The van der Waals surface area contributed by atoms with Crippen LogP contribution in [-0.2, 0) is 6.42 Å². The zero-order valence-corrected chi connectivity index (χ0v) is 15.3. The number of halogens is 1. The number of nitrogens with zero attached hydrogens (tertiary/aromatic N) is 1. The van der Waals surface area contributed by atoms with Crippen molar-refractivity contribution >= 4 is 29.9 Å². The van der Waals surface area contributed by atoms with Gasteiger partial charge in [0.05, 0.1) is 7.11 Å². The third kappa shape index (κ3) is 7.40. The number of aliphatic imine (C=N–C) groups is 1. The average Bonchev–Trinajstić information content (AvgIpc) is 2.40. The summed E-state index contributed by atoms with van der Waals surface area (Å²) in [6.07, 6.45) is 1.68. The zero-order chi connectivity index (χ0) is 15.0. The summed E-state index contributed by atoms with van der Waals surface area (Å²) in [6.45, 7) is 5.67. The number of ether oxygens (including phenoxy) is 1. The summed E-state index contributed by atoms with van der Waals surface area (Å²) in [5.74, 6) is 1.75. The molecule has 4 N–H and O–H groups in total. The number of nitrogens with two attached hydrogens (primary N) is 1. The van der Waals surface area contributed by atoms with Gasteiger partial charge in [0.2, 0.25) is 0 Å². The molecule has 6 heteroatoms. The standard InChI is InChI=1S/C15H25N3O2.HI/c1-11(2)7-9-17-15(16)18-10-8-12-5-4-6-13(20-3)14(12)19;/h4-6,11,19H,7-10H2,1-3H3,(H3,16,17,18);1H. The van der Waals surface area contributed by atoms with Crippen LogP contribution in [-0.4, -0.2) is 31.3 Å². The van der Waals surface area contributed by atoms with Crippen molar-refractivity contribution in [3.8, 4) is 11.5 Å². The topological polar surface area (TPSA) is 79.9 Å². The van der Waals surface area contributed by atoms with Crippen LogP contribution in [0.15, 0.2) is 23.2 Å². The molecule has 0 heterocycles. The predicted octanol–water partition coefficient (Wildman–Crippen LogP) is 2.51. The zero-order valence-electron chi connectivity index (χ0n) is 12.9. The van der Waals surface area contributed by atoms with E-state index in [4.69, 9.17) is 10.5 Å². The highest BCUT2D eigenvalue weighted by atomic mass is 127. The first-order valence-electron chi connectivity index (χ1n) is 6.93. The maximum absolute atomic E-state index is 9.94. The highest BCUT2D eigenvalue weighted by Crippen LogP contribution is 2.29. The average molecular weight is 407 g/mol. The molecule has 0 saturated heterocycles. The number of para-hydroxylation sites is 1. The van der Waals surface area contributed by atoms with Crippen LogP contribution < -0.4 is 15.8 Å². The Kier molecular flexibility index (Phi) is 9.94. The van der Waals surface area contributed by atoms with Gasteiger partial charge in [-0.15, -0.1) is 24.0 Å². The van der Waals surface area contributed by atoms with Gasteiger partial charge in [0.25, 0.3) is 0 Å². The molecule has 1 aromatic rings. The lowest BCUT2D eigenvalue weighted by molar-refractivity contribution is 0.370. The fourth-order valence-electron chi connectivity index (χ4n) is 1.76. The molecule has 0 atom stereocenters. The lowest BCUT2D eigenvalue weighted by atomic mass is 10.1. The van der Waals surface area contributed by atoms with Crippen LogP contribution in [0.3, 0.4) is 0 Å². The number of aromatic hydroxyl groups is 1. The molecule has 120 valence electrons. The van der Waals surface area contributed by atoms with E-state index in [0.29, 0.717) is 30.6 Å². The van der Waals surface area contributed by atoms with Gasteiger partial charge < -0.3 is 20.9 Å². The van der Waals surface area contributed by atoms with Crippen molar-refractivity contribution in [2.75, 3.05) is 20.2 Å². The molecule has 0 unspecified atom stereocenters. The molecule has 0 spiro atoms. The molecule has 0 aliphatic rings. The van der Waals surface area contributed by atoms with Gasteiger partial charge in [0, 0.05) is 13.1 Å². The predicted molar refractivity (Wildman–Crippen MR) is 97.7 cm³/mol. The monoisotopic (exact) mass is 407 g/mol. The molecule has 5 nitrogen and oxygen atoms in total. The first kappa shape index (κ1) is 19.8. The largest absolute Gasteiger partial charge is 0.504 e. The highest BCUT2D eigenvalue weighted by molar-refractivity contribution is 14.0. The van der Waals surface area contributed by atoms with Crippen LogP contribution in [0.25, 0.3) is 0 Å². The molecule has 0 fully saturated rings. The first-order valence-corrected chi connectivity index (χ1v) is 6.93. The molecule has 1 rings (SSSR count). The van der Waals surface area contributed by atoms with Crippen molar-refractivity contribution in [3.05, 3.63) is 23.8 Å². The van der Waals surface area contributed by atoms with Gasteiger partial charge in [0.1, 0.15) is 0 Å². The first-order chi connectivity index (χ1) is 9.54. The molecule has 0 aromatic heterocycles. The number of rotatable bonds is 7. The van der Waals surface area contributed by atoms with Crippen LogP contribution in [0.5, 0.6) is 11.5 Å². The third-order valence-corrected chi connectivity index (χ3v) is 2.99. The minimum atomic E-state index is 0. The summed E-state index contributed by atoms with van der Waals surface area (Å²) in [7, 11) is 1.54. The summed E-state index contributed by atoms with van der Waals surface area (Å²) in [5, 5.41) is 13.0. The number of methoxy groups -OCH3 is 1. The maximum Gasteiger partial charge on any atom is 0.188 e. The number of phenolic OH excluding ortho intramolecular Hbond substituents is 1. The Hall–Kier alpha value is -1.18. The van der Waals surface area contributed by atoms with E-state index in [1.165, 1.54) is 7.11 Å². The summed E-state index contributed by atoms with van der Waals surface area (Å²) in [5.41, 5.74) is 6.60. The van der Waals surface area contributed by atoms with Gasteiger partial charge in [-0.1, -0.05) is 26.0 Å². The second-order valence-electron chi connectivity index (χ2n) is 5.09. The Labute approximate surface area is 144 Å². The van der Waals surface area contributed by atoms with Crippen molar-refractivity contribution in [2.24, 2.45) is 16.6 Å². The molecule has 0 aliphatic heterocycles. The second kappa shape index (κ2) is 10.5. The third-order valence-electron chi connectivity index (χ3n) is 2.99. The number of guanidine groups is 1. The molecular weight excluding hydrogens is 381 g/mol. The molecule has 0 aliphatic carbocycles. The lowest BCUT2D eigenvalue weighted by Crippen LogP contribution is -2.33. The normalized spacial score (nSPS) is 11.1. The second-order valence-corrected chi connectivity index (χ2v) is 5.09. The van der Waals surface area contributed by atoms with E-state index in [1.54, 1.807) is 6.07 Å². The molecular formula is C15H26IN3O2. The van der Waals surface area contributed by atoms with Crippen LogP contribution in [0.2, 0.25) is 0 Å². The van der Waals surface area contributed by atoms with Gasteiger partial charge in [0.15, 0.2) is 17.5 Å². The van der Waals surface area contributed by atoms with E-state index in [-0.39, 0.29) is 29.7 Å². The smallest absolute Gasteiger partial charge is 0.188 e. The number of hydrogen-bond acceptors (Lipinski definition) is 3. The summed E-state index contributed by atoms with van der Waals surface area (Å²) < 4.78 is 5.07. The van der Waals surface area contributed by atoms with E-state index in [9.17, 15) is 5.11 Å². The van der Waals surface area contributed by atoms with Crippen molar-refractivity contribution in [1.29, 1.82) is 0 Å². The molecule has 0 radical (unpaired) electrons. The Morgan fingerprint density at radius 2 is 2.14 bits per heavy atom. The van der Waals surface area contributed by atoms with E-state index in [0.717, 1.165) is 18.5 Å². The summed E-state index contributed by atoms with van der Waals surface area (Å²) >= 11 is 0. The molecule has 1 aromatic carbocycles. The Morgan fingerprint density at radius 1 is 1.43 bits per heavy atom. The molecule has 0 bridgehead atoms. The van der Waals surface area contributed by atoms with Gasteiger partial charge in [-0.3, -0.25) is 4.99 Å². The number of nitrogens with one attached hydrogen (secondary N) is 1. The van der Waals surface area contributed by atoms with Crippen LogP contribution >= 0.6 is 24.0 Å². The van der Waals surface area contributed by atoms with Gasteiger partial charge in [-0.25, -0.2) is 0 Å². The molecule has 0 saturated carbocycles. The summed E-state index contributed by atoms with van der Waals surface area (Å²) in [4.78, 5) is 4.25. The fourth-order valence-corrected chi connectivity index (χ4v) is 1.76. The van der Waals surface area contributed by atoms with E-state index >= 15 is 0 Å².